The second-order valence-corrected chi connectivity index (χ2v) is 12.5. The molecule has 3 heteroatoms. The molecule has 1 saturated heterocycles. The van der Waals surface area contributed by atoms with Gasteiger partial charge in [0.2, 0.25) is 0 Å². The summed E-state index contributed by atoms with van der Waals surface area (Å²) in [4.78, 5) is 13.7. The van der Waals surface area contributed by atoms with Gasteiger partial charge in [-0.3, -0.25) is 4.79 Å². The van der Waals surface area contributed by atoms with E-state index in [4.69, 9.17) is 4.74 Å². The molecule has 31 heavy (non-hydrogen) atoms. The molecule has 3 fully saturated rings. The average Bonchev–Trinajstić information content (AvgIpc) is 3.34. The number of aliphatic hydroxyl groups is 1. The predicted molar refractivity (Wildman–Crippen MR) is 123 cm³/mol. The van der Waals surface area contributed by atoms with Crippen molar-refractivity contribution < 1.29 is 14.6 Å². The van der Waals surface area contributed by atoms with Crippen molar-refractivity contribution in [3.8, 4) is 0 Å². The first-order chi connectivity index (χ1) is 14.5. The van der Waals surface area contributed by atoms with Crippen molar-refractivity contribution in [2.24, 2.45) is 40.4 Å². The number of hydrogen-bond donors (Lipinski definition) is 1. The fraction of sp³-hybridized carbons (Fsp3) is 0.821. The Balaban J connectivity index is 1.46. The Morgan fingerprint density at radius 3 is 2.52 bits per heavy atom. The summed E-state index contributed by atoms with van der Waals surface area (Å²) >= 11 is 0. The molecule has 1 spiro atoms. The zero-order valence-electron chi connectivity index (χ0n) is 20.4. The summed E-state index contributed by atoms with van der Waals surface area (Å²) in [5, 5.41) is 10.3. The van der Waals surface area contributed by atoms with Crippen LogP contribution in [0.4, 0.5) is 0 Å². The van der Waals surface area contributed by atoms with Crippen molar-refractivity contribution in [3.63, 3.8) is 0 Å². The van der Waals surface area contributed by atoms with E-state index in [-0.39, 0.29) is 28.8 Å². The molecule has 0 bridgehead atoms. The molecule has 1 N–H and O–H groups in total. The minimum absolute atomic E-state index is 0.0578. The van der Waals surface area contributed by atoms with Crippen molar-refractivity contribution in [1.82, 2.24) is 0 Å². The van der Waals surface area contributed by atoms with Crippen LogP contribution in [0.2, 0.25) is 0 Å². The molecule has 2 saturated carbocycles. The summed E-state index contributed by atoms with van der Waals surface area (Å²) in [6.07, 6.45) is 11.3. The van der Waals surface area contributed by atoms with Gasteiger partial charge in [-0.1, -0.05) is 59.3 Å². The van der Waals surface area contributed by atoms with Crippen LogP contribution >= 0.6 is 0 Å². The zero-order chi connectivity index (χ0) is 22.3. The van der Waals surface area contributed by atoms with E-state index in [1.807, 2.05) is 0 Å². The molecule has 0 unspecified atom stereocenters. The normalized spacial score (nSPS) is 48.3. The van der Waals surface area contributed by atoms with Crippen LogP contribution in [0.1, 0.15) is 86.5 Å². The van der Waals surface area contributed by atoms with Crippen molar-refractivity contribution in [2.45, 2.75) is 104 Å². The maximum atomic E-state index is 13.7. The van der Waals surface area contributed by atoms with Gasteiger partial charge in [-0.15, -0.1) is 0 Å². The Bertz CT molecular complexity index is 839. The number of ether oxygens (including phenoxy) is 1. The Hall–Kier alpha value is -0.930. The second kappa shape index (κ2) is 7.03. The first-order valence-electron chi connectivity index (χ1n) is 12.9. The molecule has 0 aromatic heterocycles. The van der Waals surface area contributed by atoms with Crippen LogP contribution in [-0.4, -0.2) is 28.7 Å². The third kappa shape index (κ3) is 2.88. The van der Waals surface area contributed by atoms with Gasteiger partial charge in [-0.25, -0.2) is 0 Å². The average molecular weight is 427 g/mol. The molecular weight excluding hydrogens is 384 g/mol. The van der Waals surface area contributed by atoms with Crippen LogP contribution < -0.4 is 0 Å². The Kier molecular flexibility index (Phi) is 4.97. The lowest BCUT2D eigenvalue weighted by molar-refractivity contribution is -0.119. The summed E-state index contributed by atoms with van der Waals surface area (Å²) in [7, 11) is 0. The molecule has 5 aliphatic rings. The van der Waals surface area contributed by atoms with Gasteiger partial charge in [0.15, 0.2) is 11.9 Å². The smallest absolute Gasteiger partial charge is 0.190 e. The van der Waals surface area contributed by atoms with Gasteiger partial charge in [-0.2, -0.15) is 0 Å². The molecule has 5 rings (SSSR count). The number of ketones is 1. The van der Waals surface area contributed by atoms with Crippen LogP contribution in [0.3, 0.4) is 0 Å². The fourth-order valence-electron chi connectivity index (χ4n) is 8.21. The van der Waals surface area contributed by atoms with Crippen molar-refractivity contribution in [2.75, 3.05) is 0 Å². The lowest BCUT2D eigenvalue weighted by atomic mass is 9.50. The molecule has 0 amide bonds. The molecule has 0 aromatic carbocycles. The molecule has 9 atom stereocenters. The Morgan fingerprint density at radius 2 is 1.81 bits per heavy atom. The van der Waals surface area contributed by atoms with Crippen molar-refractivity contribution in [1.29, 1.82) is 0 Å². The lowest BCUT2D eigenvalue weighted by Crippen LogP contribution is -2.53. The summed E-state index contributed by atoms with van der Waals surface area (Å²) in [6.45, 7) is 14.1. The summed E-state index contributed by atoms with van der Waals surface area (Å²) in [5.74, 6) is 3.13. The zero-order valence-corrected chi connectivity index (χ0v) is 20.4. The van der Waals surface area contributed by atoms with Gasteiger partial charge in [0.05, 0.1) is 6.10 Å². The first-order valence-corrected chi connectivity index (χ1v) is 12.9. The van der Waals surface area contributed by atoms with Gasteiger partial charge in [-0.05, 0) is 73.5 Å². The Morgan fingerprint density at radius 1 is 1.06 bits per heavy atom. The number of epoxide rings is 1. The lowest BCUT2D eigenvalue weighted by Gasteiger charge is -2.52. The number of carbonyl (C=O) groups is 1. The van der Waals surface area contributed by atoms with E-state index in [2.05, 4.69) is 53.7 Å². The van der Waals surface area contributed by atoms with Gasteiger partial charge in [0, 0.05) is 17.4 Å². The number of allylic oxidation sites excluding steroid dienone is 2. The highest BCUT2D eigenvalue weighted by molar-refractivity contribution is 6.05. The van der Waals surface area contributed by atoms with E-state index < -0.39 is 5.60 Å². The summed E-state index contributed by atoms with van der Waals surface area (Å²) < 4.78 is 6.23. The van der Waals surface area contributed by atoms with E-state index in [0.717, 1.165) is 25.7 Å². The number of carbonyl (C=O) groups excluding carboxylic acids is 1. The Labute approximate surface area is 188 Å². The van der Waals surface area contributed by atoms with E-state index in [9.17, 15) is 9.90 Å². The predicted octanol–water partition coefficient (Wildman–Crippen LogP) is 5.87. The molecule has 1 heterocycles. The fourth-order valence-corrected chi connectivity index (χ4v) is 8.21. The van der Waals surface area contributed by atoms with E-state index >= 15 is 0 Å². The summed E-state index contributed by atoms with van der Waals surface area (Å²) in [5.41, 5.74) is 2.32. The number of aliphatic hydroxyl groups excluding tert-OH is 1. The third-order valence-electron chi connectivity index (χ3n) is 10.7. The maximum Gasteiger partial charge on any atom is 0.190 e. The quantitative estimate of drug-likeness (QED) is 0.452. The molecule has 0 aromatic rings. The first kappa shape index (κ1) is 21.9. The topological polar surface area (TPSA) is 49.8 Å². The molecular formula is C28H42O3. The van der Waals surface area contributed by atoms with Crippen LogP contribution in [0.15, 0.2) is 23.3 Å². The monoisotopic (exact) mass is 426 g/mol. The van der Waals surface area contributed by atoms with Crippen LogP contribution in [0, 0.1) is 40.4 Å². The van der Waals surface area contributed by atoms with Crippen LogP contribution in [0.25, 0.3) is 0 Å². The highest BCUT2D eigenvalue weighted by atomic mass is 16.6. The van der Waals surface area contributed by atoms with Gasteiger partial charge in [0.1, 0.15) is 5.60 Å². The number of Topliss-reactive ketones (excluding diaryl/α,β-unsaturated/α-hetero) is 1. The second-order valence-electron chi connectivity index (χ2n) is 12.5. The standard InChI is InChI=1S/C28H42O3/c1-16(2)17(3)7-8-18(4)20-9-10-21-23-22(12-13-26(20,21)5)27(6)14-11-19(29)15-28(27)25(31-28)24(23)30/h7-8,16-21,25,29H,9-15H2,1-6H3/t17-,18+,19-,20+,21-,25-,26+,27+,28-/m0/s1. The van der Waals surface area contributed by atoms with Gasteiger partial charge in [0.25, 0.3) is 0 Å². The molecule has 0 radical (unpaired) electrons. The maximum absolute atomic E-state index is 13.7. The minimum Gasteiger partial charge on any atom is -0.393 e. The van der Waals surface area contributed by atoms with E-state index in [1.54, 1.807) is 0 Å². The van der Waals surface area contributed by atoms with Gasteiger partial charge >= 0.3 is 0 Å². The SMILES string of the molecule is CC(C)[C@@H](C)C=C[C@@H](C)[C@H]1CC[C@H]2C3=C(CC[C@]12C)[C@@]1(C)CC[C@H](O)C[C@@]12O[C@H]2C3=O. The van der Waals surface area contributed by atoms with Gasteiger partial charge < -0.3 is 9.84 Å². The number of fused-ring (bicyclic) bond motifs is 3. The highest BCUT2D eigenvalue weighted by Crippen LogP contribution is 2.71. The summed E-state index contributed by atoms with van der Waals surface area (Å²) in [6, 6.07) is 0. The number of hydrogen-bond acceptors (Lipinski definition) is 3. The molecule has 1 aliphatic heterocycles. The number of rotatable bonds is 4. The van der Waals surface area contributed by atoms with E-state index in [0.29, 0.717) is 36.0 Å². The molecule has 3 nitrogen and oxygen atoms in total. The minimum atomic E-state index is -0.407. The third-order valence-corrected chi connectivity index (χ3v) is 10.7. The van der Waals surface area contributed by atoms with Crippen molar-refractivity contribution >= 4 is 5.78 Å². The van der Waals surface area contributed by atoms with Crippen LogP contribution in [-0.2, 0) is 9.53 Å². The molecule has 4 aliphatic carbocycles. The largest absolute Gasteiger partial charge is 0.393 e. The molecule has 172 valence electrons. The highest BCUT2D eigenvalue weighted by Gasteiger charge is 2.76. The van der Waals surface area contributed by atoms with Crippen LogP contribution in [0.5, 0.6) is 0 Å². The van der Waals surface area contributed by atoms with E-state index in [1.165, 1.54) is 24.0 Å². The van der Waals surface area contributed by atoms with Crippen molar-refractivity contribution in [3.05, 3.63) is 23.3 Å².